The molecule has 3 N–H and O–H groups in total. The molecule has 1 atom stereocenters. The van der Waals surface area contributed by atoms with E-state index < -0.39 is 23.6 Å². The number of carboxylic acids is 1. The lowest BCUT2D eigenvalue weighted by Crippen LogP contribution is -2.61. The SMILES string of the molecule is Cc1nsc(N(C)C(=O)C(C)(N)C(F)(F)F)c1C(=O)O. The van der Waals surface area contributed by atoms with Gasteiger partial charge in [-0.05, 0) is 25.4 Å². The van der Waals surface area contributed by atoms with Crippen LogP contribution in [0.3, 0.4) is 0 Å². The van der Waals surface area contributed by atoms with Gasteiger partial charge in [0.15, 0.2) is 5.54 Å². The summed E-state index contributed by atoms with van der Waals surface area (Å²) < 4.78 is 41.9. The fourth-order valence-corrected chi connectivity index (χ4v) is 2.24. The number of aromatic carboxylic acids is 1. The third kappa shape index (κ3) is 2.61. The van der Waals surface area contributed by atoms with Crippen molar-refractivity contribution in [1.82, 2.24) is 4.37 Å². The zero-order chi connectivity index (χ0) is 15.9. The molecule has 10 heteroatoms. The number of carbonyl (C=O) groups excluding carboxylic acids is 1. The van der Waals surface area contributed by atoms with Gasteiger partial charge in [-0.25, -0.2) is 4.79 Å². The molecular weight excluding hydrogens is 299 g/mol. The van der Waals surface area contributed by atoms with Crippen LogP contribution in [0.15, 0.2) is 0 Å². The summed E-state index contributed by atoms with van der Waals surface area (Å²) in [7, 11) is 1.03. The Bertz CT molecular complexity index is 554. The predicted molar refractivity (Wildman–Crippen MR) is 65.9 cm³/mol. The number of hydrogen-bond donors (Lipinski definition) is 2. The summed E-state index contributed by atoms with van der Waals surface area (Å²) >= 11 is 0.619. The maximum absolute atomic E-state index is 12.7. The Morgan fingerprint density at radius 3 is 2.30 bits per heavy atom. The number of likely N-dealkylation sites (N-methyl/N-ethyl adjacent to an activating group) is 1. The molecule has 0 saturated carbocycles. The highest BCUT2D eigenvalue weighted by Gasteiger charge is 2.55. The van der Waals surface area contributed by atoms with Crippen LogP contribution in [-0.2, 0) is 4.79 Å². The molecular formula is C10H12F3N3O3S. The predicted octanol–water partition coefficient (Wildman–Crippen LogP) is 1.39. The van der Waals surface area contributed by atoms with Gasteiger partial charge in [0.1, 0.15) is 10.6 Å². The van der Waals surface area contributed by atoms with Crippen LogP contribution in [0.2, 0.25) is 0 Å². The van der Waals surface area contributed by atoms with E-state index in [1.165, 1.54) is 6.92 Å². The minimum atomic E-state index is -4.96. The van der Waals surface area contributed by atoms with Gasteiger partial charge in [-0.3, -0.25) is 4.79 Å². The van der Waals surface area contributed by atoms with Crippen molar-refractivity contribution in [2.45, 2.75) is 25.6 Å². The maximum atomic E-state index is 12.7. The Kier molecular flexibility index (Phi) is 4.11. The van der Waals surface area contributed by atoms with Gasteiger partial charge in [-0.2, -0.15) is 17.5 Å². The number of halogens is 3. The van der Waals surface area contributed by atoms with Crippen molar-refractivity contribution < 1.29 is 27.9 Å². The molecule has 0 fully saturated rings. The van der Waals surface area contributed by atoms with Crippen LogP contribution in [-0.4, -0.2) is 40.1 Å². The number of carbonyl (C=O) groups is 2. The second-order valence-corrected chi connectivity index (χ2v) is 5.07. The van der Waals surface area contributed by atoms with Crippen molar-refractivity contribution >= 4 is 28.4 Å². The zero-order valence-electron chi connectivity index (χ0n) is 10.8. The van der Waals surface area contributed by atoms with E-state index in [1.54, 1.807) is 0 Å². The highest BCUT2D eigenvalue weighted by atomic mass is 32.1. The average Bonchev–Trinajstić information content (AvgIpc) is 2.67. The summed E-state index contributed by atoms with van der Waals surface area (Å²) in [5, 5.41) is 8.81. The van der Waals surface area contributed by atoms with E-state index in [0.717, 1.165) is 7.05 Å². The summed E-state index contributed by atoms with van der Waals surface area (Å²) in [4.78, 5) is 23.5. The largest absolute Gasteiger partial charge is 0.478 e. The topological polar surface area (TPSA) is 96.5 Å². The first-order valence-corrected chi connectivity index (χ1v) is 6.02. The van der Waals surface area contributed by atoms with E-state index in [-0.39, 0.29) is 16.3 Å². The molecule has 0 bridgehead atoms. The van der Waals surface area contributed by atoms with Gasteiger partial charge < -0.3 is 15.7 Å². The van der Waals surface area contributed by atoms with E-state index in [9.17, 15) is 22.8 Å². The van der Waals surface area contributed by atoms with Gasteiger partial charge in [0.25, 0.3) is 5.91 Å². The van der Waals surface area contributed by atoms with Crippen LogP contribution < -0.4 is 10.6 Å². The maximum Gasteiger partial charge on any atom is 0.415 e. The van der Waals surface area contributed by atoms with E-state index in [0.29, 0.717) is 23.4 Å². The second kappa shape index (κ2) is 5.02. The minimum Gasteiger partial charge on any atom is -0.478 e. The first-order chi connectivity index (χ1) is 8.91. The fourth-order valence-electron chi connectivity index (χ4n) is 1.39. The molecule has 0 aliphatic carbocycles. The smallest absolute Gasteiger partial charge is 0.415 e. The zero-order valence-corrected chi connectivity index (χ0v) is 11.6. The minimum absolute atomic E-state index is 0.114. The Balaban J connectivity index is 3.23. The molecule has 20 heavy (non-hydrogen) atoms. The standard InChI is InChI=1S/C10H12F3N3O3S/c1-4-5(7(17)18)6(20-15-4)16(3)8(19)9(2,14)10(11,12)13/h14H2,1-3H3,(H,17,18). The van der Waals surface area contributed by atoms with Crippen LogP contribution in [0, 0.1) is 6.92 Å². The number of rotatable bonds is 3. The van der Waals surface area contributed by atoms with Gasteiger partial charge >= 0.3 is 12.1 Å². The van der Waals surface area contributed by atoms with Gasteiger partial charge in [-0.15, -0.1) is 0 Å². The van der Waals surface area contributed by atoms with E-state index in [2.05, 4.69) is 4.37 Å². The van der Waals surface area contributed by atoms with Gasteiger partial charge in [0.2, 0.25) is 0 Å². The summed E-state index contributed by atoms with van der Waals surface area (Å²) in [5.74, 6) is -2.84. The molecule has 1 rings (SSSR count). The molecule has 1 aromatic heterocycles. The van der Waals surface area contributed by atoms with E-state index >= 15 is 0 Å². The van der Waals surface area contributed by atoms with Gasteiger partial charge in [0.05, 0.1) is 5.69 Å². The fraction of sp³-hybridized carbons (Fsp3) is 0.500. The number of carboxylic acid groups (broad SMARTS) is 1. The first kappa shape index (κ1) is 16.4. The number of nitrogens with two attached hydrogens (primary N) is 1. The monoisotopic (exact) mass is 311 g/mol. The van der Waals surface area contributed by atoms with Crippen LogP contribution in [0.5, 0.6) is 0 Å². The van der Waals surface area contributed by atoms with Crippen LogP contribution >= 0.6 is 11.5 Å². The second-order valence-electron chi connectivity index (χ2n) is 4.32. The number of anilines is 1. The lowest BCUT2D eigenvalue weighted by molar-refractivity contribution is -0.185. The lowest BCUT2D eigenvalue weighted by atomic mass is 10.0. The molecule has 0 radical (unpaired) electrons. The Morgan fingerprint density at radius 1 is 1.40 bits per heavy atom. The Hall–Kier alpha value is -1.68. The number of hydrogen-bond acceptors (Lipinski definition) is 5. The van der Waals surface area contributed by atoms with Gasteiger partial charge in [0, 0.05) is 7.05 Å². The number of aryl methyl sites for hydroxylation is 1. The van der Waals surface area contributed by atoms with Crippen LogP contribution in [0.1, 0.15) is 23.0 Å². The molecule has 0 aliphatic rings. The number of nitrogens with zero attached hydrogens (tertiary/aromatic N) is 2. The van der Waals surface area contributed by atoms with Crippen molar-refractivity contribution in [2.24, 2.45) is 5.73 Å². The molecule has 6 nitrogen and oxygen atoms in total. The average molecular weight is 311 g/mol. The van der Waals surface area contributed by atoms with E-state index in [4.69, 9.17) is 10.8 Å². The molecule has 0 spiro atoms. The van der Waals surface area contributed by atoms with Crippen molar-refractivity contribution in [2.75, 3.05) is 11.9 Å². The van der Waals surface area contributed by atoms with Crippen molar-refractivity contribution in [3.63, 3.8) is 0 Å². The highest BCUT2D eigenvalue weighted by Crippen LogP contribution is 2.33. The van der Waals surface area contributed by atoms with E-state index in [1.807, 2.05) is 0 Å². The quantitative estimate of drug-likeness (QED) is 0.879. The molecule has 1 aromatic rings. The third-order valence-electron chi connectivity index (χ3n) is 2.70. The molecule has 0 saturated heterocycles. The van der Waals surface area contributed by atoms with Crippen molar-refractivity contribution in [3.05, 3.63) is 11.3 Å². The molecule has 1 amide bonds. The van der Waals surface area contributed by atoms with Crippen molar-refractivity contribution in [3.8, 4) is 0 Å². The highest BCUT2D eigenvalue weighted by molar-refractivity contribution is 7.11. The molecule has 0 aromatic carbocycles. The summed E-state index contributed by atoms with van der Waals surface area (Å²) in [5.41, 5.74) is 1.71. The number of alkyl halides is 3. The molecule has 0 aliphatic heterocycles. The lowest BCUT2D eigenvalue weighted by Gasteiger charge is -2.30. The summed E-state index contributed by atoms with van der Waals surface area (Å²) in [6.45, 7) is 1.91. The summed E-state index contributed by atoms with van der Waals surface area (Å²) in [6, 6.07) is 0. The molecule has 1 heterocycles. The Morgan fingerprint density at radius 2 is 1.90 bits per heavy atom. The first-order valence-electron chi connectivity index (χ1n) is 5.24. The van der Waals surface area contributed by atoms with Crippen molar-refractivity contribution in [1.29, 1.82) is 0 Å². The third-order valence-corrected chi connectivity index (χ3v) is 3.72. The van der Waals surface area contributed by atoms with Gasteiger partial charge in [-0.1, -0.05) is 0 Å². The van der Waals surface area contributed by atoms with Crippen LogP contribution in [0.25, 0.3) is 0 Å². The van der Waals surface area contributed by atoms with Crippen LogP contribution in [0.4, 0.5) is 18.2 Å². The number of amides is 1. The normalized spacial score (nSPS) is 14.8. The molecule has 1 unspecified atom stereocenters. The molecule has 112 valence electrons. The Labute approximate surface area is 116 Å². The number of aromatic nitrogens is 1. The summed E-state index contributed by atoms with van der Waals surface area (Å²) in [6.07, 6.45) is -4.96.